The number of carbonyl (C=O) groups is 3. The number of rotatable bonds is 8. The van der Waals surface area contributed by atoms with E-state index in [4.69, 9.17) is 4.74 Å². The van der Waals surface area contributed by atoms with Crippen molar-refractivity contribution in [2.24, 2.45) is 11.8 Å². The monoisotopic (exact) mass is 524 g/mol. The summed E-state index contributed by atoms with van der Waals surface area (Å²) in [4.78, 5) is 40.6. The fraction of sp³-hybridized carbons (Fsp3) is 0.433. The topological polar surface area (TPSA) is 95.9 Å². The van der Waals surface area contributed by atoms with Crippen LogP contribution in [0.15, 0.2) is 66.7 Å². The third-order valence-corrected chi connectivity index (χ3v) is 6.59. The number of nitrogens with one attached hydrogen (secondary N) is 1. The van der Waals surface area contributed by atoms with Crippen LogP contribution in [0, 0.1) is 17.7 Å². The average molecular weight is 525 g/mol. The first-order valence-corrected chi connectivity index (χ1v) is 13.1. The Balaban J connectivity index is 1.67. The summed E-state index contributed by atoms with van der Waals surface area (Å²) in [6, 6.07) is 15.2. The maximum Gasteiger partial charge on any atom is 0.309 e. The van der Waals surface area contributed by atoms with Gasteiger partial charge in [0.15, 0.2) is 0 Å². The van der Waals surface area contributed by atoms with Gasteiger partial charge in [-0.25, -0.2) is 4.39 Å². The largest absolute Gasteiger partial charge is 0.463 e. The molecule has 0 fully saturated rings. The number of halogens is 1. The Labute approximate surface area is 223 Å². The van der Waals surface area contributed by atoms with Crippen molar-refractivity contribution in [1.29, 1.82) is 0 Å². The third kappa shape index (κ3) is 9.41. The Kier molecular flexibility index (Phi) is 11.5. The molecule has 7 nitrogen and oxygen atoms in total. The van der Waals surface area contributed by atoms with Crippen LogP contribution in [-0.4, -0.2) is 53.6 Å². The zero-order valence-electron chi connectivity index (χ0n) is 21.9. The number of hydrogen-bond acceptors (Lipinski definition) is 5. The molecule has 1 aliphatic heterocycles. The number of aliphatic hydroxyl groups excluding tert-OH is 1. The number of hydrogen-bond donors (Lipinski definition) is 2. The zero-order valence-corrected chi connectivity index (χ0v) is 21.9. The third-order valence-electron chi connectivity index (χ3n) is 6.59. The minimum atomic E-state index is -0.593. The number of nitrogens with zero attached hydrogens (tertiary/aromatic N) is 1. The van der Waals surface area contributed by atoms with Crippen molar-refractivity contribution in [2.75, 3.05) is 19.8 Å². The molecule has 0 unspecified atom stereocenters. The summed E-state index contributed by atoms with van der Waals surface area (Å²) in [6.45, 7) is 2.13. The highest BCUT2D eigenvalue weighted by molar-refractivity contribution is 5.86. The number of aliphatic hydroxyl groups is 1. The summed E-state index contributed by atoms with van der Waals surface area (Å²) < 4.78 is 18.8. The van der Waals surface area contributed by atoms with E-state index in [0.29, 0.717) is 32.2 Å². The van der Waals surface area contributed by atoms with Crippen LogP contribution >= 0.6 is 0 Å². The van der Waals surface area contributed by atoms with Gasteiger partial charge in [0.1, 0.15) is 12.4 Å². The minimum absolute atomic E-state index is 0.00268. The number of carbonyl (C=O) groups excluding carboxylic acids is 3. The van der Waals surface area contributed by atoms with Crippen LogP contribution in [0.3, 0.4) is 0 Å². The average Bonchev–Trinajstić information content (AvgIpc) is 2.91. The van der Waals surface area contributed by atoms with E-state index < -0.39 is 17.9 Å². The van der Waals surface area contributed by atoms with Gasteiger partial charge in [0.05, 0.1) is 24.5 Å². The van der Waals surface area contributed by atoms with Gasteiger partial charge >= 0.3 is 5.97 Å². The normalized spacial score (nSPS) is 21.7. The lowest BCUT2D eigenvalue weighted by Crippen LogP contribution is -2.42. The SMILES string of the molecule is C[C@H]1COC(=O)[C@@H](Cc2ccc(F)cc2)CC/C=C/C[C@H](CC(=O)N(CCO)Cc2ccccc2)C(=O)N1. The number of esters is 1. The van der Waals surface area contributed by atoms with E-state index in [1.54, 1.807) is 24.0 Å². The minimum Gasteiger partial charge on any atom is -0.463 e. The standard InChI is InChI=1S/C30H37FN2O5/c1-22-21-38-30(37)26(18-23-12-14-27(31)15-13-23)11-7-3-6-10-25(29(36)32-22)19-28(35)33(16-17-34)20-24-8-4-2-5-9-24/h2-6,8-9,12-15,22,25-26,34H,7,10-11,16-21H2,1H3,(H,32,36)/b6-3+/t22-,25+,26+/m0/s1. The highest BCUT2D eigenvalue weighted by Gasteiger charge is 2.27. The number of amides is 2. The van der Waals surface area contributed by atoms with E-state index in [-0.39, 0.29) is 49.8 Å². The van der Waals surface area contributed by atoms with Gasteiger partial charge in [0.25, 0.3) is 0 Å². The lowest BCUT2D eigenvalue weighted by atomic mass is 9.94. The Bertz CT molecular complexity index is 1070. The molecule has 2 N–H and O–H groups in total. The van der Waals surface area contributed by atoms with Gasteiger partial charge in [-0.1, -0.05) is 54.6 Å². The van der Waals surface area contributed by atoms with Gasteiger partial charge in [0.2, 0.25) is 11.8 Å². The van der Waals surface area contributed by atoms with Crippen LogP contribution in [0.2, 0.25) is 0 Å². The molecule has 1 aliphatic rings. The van der Waals surface area contributed by atoms with Crippen molar-refractivity contribution in [3.05, 3.63) is 83.7 Å². The molecule has 0 aliphatic carbocycles. The van der Waals surface area contributed by atoms with Gasteiger partial charge in [-0.2, -0.15) is 0 Å². The predicted octanol–water partition coefficient (Wildman–Crippen LogP) is 3.80. The second-order valence-electron chi connectivity index (χ2n) is 9.78. The number of allylic oxidation sites excluding steroid dienone is 2. The summed E-state index contributed by atoms with van der Waals surface area (Å²) in [6.07, 6.45) is 5.77. The van der Waals surface area contributed by atoms with Crippen molar-refractivity contribution in [1.82, 2.24) is 10.2 Å². The van der Waals surface area contributed by atoms with Crippen molar-refractivity contribution < 1.29 is 28.6 Å². The maximum atomic E-state index is 13.3. The predicted molar refractivity (Wildman–Crippen MR) is 142 cm³/mol. The maximum absolute atomic E-state index is 13.3. The van der Waals surface area contributed by atoms with Crippen LogP contribution in [-0.2, 0) is 32.1 Å². The molecule has 0 saturated heterocycles. The Morgan fingerprint density at radius 1 is 1.05 bits per heavy atom. The molecule has 2 aromatic carbocycles. The second-order valence-corrected chi connectivity index (χ2v) is 9.78. The molecular formula is C30H37FN2O5. The van der Waals surface area contributed by atoms with Gasteiger partial charge in [-0.15, -0.1) is 0 Å². The summed E-state index contributed by atoms with van der Waals surface area (Å²) in [7, 11) is 0. The van der Waals surface area contributed by atoms with E-state index >= 15 is 0 Å². The van der Waals surface area contributed by atoms with Crippen LogP contribution in [0.25, 0.3) is 0 Å². The molecule has 38 heavy (non-hydrogen) atoms. The first kappa shape index (κ1) is 29.0. The fourth-order valence-corrected chi connectivity index (χ4v) is 4.45. The van der Waals surface area contributed by atoms with Gasteiger partial charge in [-0.05, 0) is 55.9 Å². The first-order chi connectivity index (χ1) is 18.4. The van der Waals surface area contributed by atoms with E-state index in [2.05, 4.69) is 5.32 Å². The first-order valence-electron chi connectivity index (χ1n) is 13.1. The lowest BCUT2D eigenvalue weighted by Gasteiger charge is -2.25. The lowest BCUT2D eigenvalue weighted by molar-refractivity contribution is -0.150. The molecule has 1 heterocycles. The molecule has 2 aromatic rings. The van der Waals surface area contributed by atoms with Gasteiger partial charge in [0, 0.05) is 19.5 Å². The van der Waals surface area contributed by atoms with Crippen molar-refractivity contribution >= 4 is 17.8 Å². The van der Waals surface area contributed by atoms with Gasteiger partial charge < -0.3 is 20.1 Å². The molecule has 0 bridgehead atoms. The fourth-order valence-electron chi connectivity index (χ4n) is 4.45. The molecule has 0 saturated carbocycles. The van der Waals surface area contributed by atoms with Crippen molar-refractivity contribution in [3.8, 4) is 0 Å². The van der Waals surface area contributed by atoms with Crippen LogP contribution in [0.5, 0.6) is 0 Å². The van der Waals surface area contributed by atoms with Crippen molar-refractivity contribution in [3.63, 3.8) is 0 Å². The molecule has 3 atom stereocenters. The Morgan fingerprint density at radius 2 is 1.79 bits per heavy atom. The highest BCUT2D eigenvalue weighted by Crippen LogP contribution is 2.20. The Morgan fingerprint density at radius 3 is 2.50 bits per heavy atom. The molecule has 0 radical (unpaired) electrons. The molecule has 8 heteroatoms. The molecule has 3 rings (SSSR count). The zero-order chi connectivity index (χ0) is 27.3. The van der Waals surface area contributed by atoms with E-state index in [1.165, 1.54) is 12.1 Å². The number of ether oxygens (including phenoxy) is 1. The van der Waals surface area contributed by atoms with E-state index in [0.717, 1.165) is 11.1 Å². The molecule has 2 amide bonds. The Hall–Kier alpha value is -3.52. The van der Waals surface area contributed by atoms with Crippen molar-refractivity contribution in [2.45, 2.75) is 51.6 Å². The molecule has 0 aromatic heterocycles. The molecule has 0 spiro atoms. The summed E-state index contributed by atoms with van der Waals surface area (Å²) in [5.41, 5.74) is 1.80. The van der Waals surface area contributed by atoms with E-state index in [9.17, 15) is 23.9 Å². The van der Waals surface area contributed by atoms with Crippen LogP contribution in [0.1, 0.15) is 43.7 Å². The molecule has 204 valence electrons. The summed E-state index contributed by atoms with van der Waals surface area (Å²) in [5.74, 6) is -2.15. The molecular weight excluding hydrogens is 487 g/mol. The number of cyclic esters (lactones) is 1. The highest BCUT2D eigenvalue weighted by atomic mass is 19.1. The van der Waals surface area contributed by atoms with Crippen LogP contribution < -0.4 is 5.32 Å². The summed E-state index contributed by atoms with van der Waals surface area (Å²) >= 11 is 0. The van der Waals surface area contributed by atoms with E-state index in [1.807, 2.05) is 42.5 Å². The van der Waals surface area contributed by atoms with Crippen LogP contribution in [0.4, 0.5) is 4.39 Å². The smallest absolute Gasteiger partial charge is 0.309 e. The second kappa shape index (κ2) is 15.0. The summed E-state index contributed by atoms with van der Waals surface area (Å²) in [5, 5.41) is 12.4. The van der Waals surface area contributed by atoms with Gasteiger partial charge in [-0.3, -0.25) is 14.4 Å². The quantitative estimate of drug-likeness (QED) is 0.405. The number of benzene rings is 2.